The Hall–Kier alpha value is -1.39. The van der Waals surface area contributed by atoms with Crippen LogP contribution in [0.25, 0.3) is 0 Å². The standard InChI is InChI=1S/C11H16N2O3/c1-11(2,3)5-8-12-9(16-13-8)6-4-7(6)10(14)15/h6-7H,4-5H2,1-3H3,(H,14,15). The van der Waals surface area contributed by atoms with E-state index >= 15 is 0 Å². The monoisotopic (exact) mass is 224 g/mol. The molecule has 5 heteroatoms. The minimum Gasteiger partial charge on any atom is -0.481 e. The van der Waals surface area contributed by atoms with Crippen molar-refractivity contribution in [1.29, 1.82) is 0 Å². The molecule has 0 bridgehead atoms. The third-order valence-corrected chi connectivity index (χ3v) is 2.60. The minimum atomic E-state index is -0.777. The van der Waals surface area contributed by atoms with Gasteiger partial charge in [-0.25, -0.2) is 0 Å². The Morgan fingerprint density at radius 1 is 1.56 bits per heavy atom. The molecule has 0 aliphatic heterocycles. The first-order valence-corrected chi connectivity index (χ1v) is 5.42. The van der Waals surface area contributed by atoms with Crippen molar-refractivity contribution in [3.8, 4) is 0 Å². The number of hydrogen-bond acceptors (Lipinski definition) is 4. The van der Waals surface area contributed by atoms with E-state index in [2.05, 4.69) is 30.9 Å². The molecular weight excluding hydrogens is 208 g/mol. The first kappa shape index (κ1) is 11.1. The molecule has 16 heavy (non-hydrogen) atoms. The summed E-state index contributed by atoms with van der Waals surface area (Å²) in [5, 5.41) is 12.7. The molecule has 88 valence electrons. The summed E-state index contributed by atoms with van der Waals surface area (Å²) in [5.74, 6) is -0.0348. The highest BCUT2D eigenvalue weighted by Gasteiger charge is 2.48. The molecule has 1 aromatic heterocycles. The smallest absolute Gasteiger partial charge is 0.307 e. The van der Waals surface area contributed by atoms with Crippen LogP contribution in [0.3, 0.4) is 0 Å². The van der Waals surface area contributed by atoms with E-state index in [1.807, 2.05) is 0 Å². The van der Waals surface area contributed by atoms with Gasteiger partial charge in [0.25, 0.3) is 0 Å². The lowest BCUT2D eigenvalue weighted by Crippen LogP contribution is -2.10. The fourth-order valence-corrected chi connectivity index (χ4v) is 1.71. The van der Waals surface area contributed by atoms with Gasteiger partial charge in [-0.05, 0) is 11.8 Å². The zero-order valence-corrected chi connectivity index (χ0v) is 9.73. The van der Waals surface area contributed by atoms with Gasteiger partial charge in [0, 0.05) is 6.42 Å². The summed E-state index contributed by atoms with van der Waals surface area (Å²) in [5.41, 5.74) is 0.108. The molecule has 2 unspecified atom stereocenters. The number of hydrogen-bond donors (Lipinski definition) is 1. The van der Waals surface area contributed by atoms with Crippen LogP contribution in [0.2, 0.25) is 0 Å². The third kappa shape index (κ3) is 2.40. The normalized spacial score (nSPS) is 24.4. The quantitative estimate of drug-likeness (QED) is 0.847. The molecule has 1 aliphatic rings. The average molecular weight is 224 g/mol. The van der Waals surface area contributed by atoms with Crippen LogP contribution < -0.4 is 0 Å². The lowest BCUT2D eigenvalue weighted by atomic mass is 9.92. The first-order valence-electron chi connectivity index (χ1n) is 5.42. The van der Waals surface area contributed by atoms with E-state index < -0.39 is 5.97 Å². The highest BCUT2D eigenvalue weighted by molar-refractivity contribution is 5.74. The van der Waals surface area contributed by atoms with Crippen molar-refractivity contribution in [2.24, 2.45) is 11.3 Å². The molecule has 0 saturated heterocycles. The fourth-order valence-electron chi connectivity index (χ4n) is 1.71. The molecular formula is C11H16N2O3. The van der Waals surface area contributed by atoms with E-state index in [0.29, 0.717) is 18.1 Å². The van der Waals surface area contributed by atoms with Crippen molar-refractivity contribution in [2.45, 2.75) is 39.5 Å². The highest BCUT2D eigenvalue weighted by Crippen LogP contribution is 2.46. The summed E-state index contributed by atoms with van der Waals surface area (Å²) in [6.45, 7) is 6.29. The Bertz CT molecular complexity index is 406. The van der Waals surface area contributed by atoms with Gasteiger partial charge in [0.15, 0.2) is 5.82 Å². The SMILES string of the molecule is CC(C)(C)Cc1noc(C2CC2C(=O)O)n1. The molecule has 1 N–H and O–H groups in total. The second-order valence-corrected chi connectivity index (χ2v) is 5.57. The van der Waals surface area contributed by atoms with E-state index in [-0.39, 0.29) is 17.3 Å². The Labute approximate surface area is 93.9 Å². The van der Waals surface area contributed by atoms with Crippen LogP contribution in [0.1, 0.15) is 44.8 Å². The molecule has 1 heterocycles. The van der Waals surface area contributed by atoms with Crippen molar-refractivity contribution in [3.63, 3.8) is 0 Å². The number of aromatic nitrogens is 2. The van der Waals surface area contributed by atoms with Crippen LogP contribution in [0, 0.1) is 11.3 Å². The first-order chi connectivity index (χ1) is 7.37. The zero-order chi connectivity index (χ0) is 11.9. The maximum Gasteiger partial charge on any atom is 0.307 e. The summed E-state index contributed by atoms with van der Waals surface area (Å²) in [6.07, 6.45) is 1.35. The molecule has 0 amide bonds. The summed E-state index contributed by atoms with van der Waals surface area (Å²) < 4.78 is 5.09. The van der Waals surface area contributed by atoms with Gasteiger partial charge in [0.05, 0.1) is 11.8 Å². The summed E-state index contributed by atoms with van der Waals surface area (Å²) >= 11 is 0. The van der Waals surface area contributed by atoms with Crippen LogP contribution in [-0.4, -0.2) is 21.2 Å². The zero-order valence-electron chi connectivity index (χ0n) is 9.73. The van der Waals surface area contributed by atoms with E-state index in [9.17, 15) is 4.79 Å². The van der Waals surface area contributed by atoms with E-state index in [1.54, 1.807) is 0 Å². The van der Waals surface area contributed by atoms with Gasteiger partial charge in [0.2, 0.25) is 5.89 Å². The van der Waals surface area contributed by atoms with Crippen LogP contribution in [-0.2, 0) is 11.2 Å². The fraction of sp³-hybridized carbons (Fsp3) is 0.727. The number of carboxylic acids is 1. The van der Waals surface area contributed by atoms with Crippen molar-refractivity contribution in [2.75, 3.05) is 0 Å². The largest absolute Gasteiger partial charge is 0.481 e. The van der Waals surface area contributed by atoms with Gasteiger partial charge in [-0.3, -0.25) is 4.79 Å². The van der Waals surface area contributed by atoms with Gasteiger partial charge in [-0.2, -0.15) is 4.98 Å². The second-order valence-electron chi connectivity index (χ2n) is 5.57. The second kappa shape index (κ2) is 3.57. The van der Waals surface area contributed by atoms with Crippen molar-refractivity contribution >= 4 is 5.97 Å². The Morgan fingerprint density at radius 2 is 2.25 bits per heavy atom. The van der Waals surface area contributed by atoms with Gasteiger partial charge >= 0.3 is 5.97 Å². The molecule has 1 fully saturated rings. The molecule has 1 aliphatic carbocycles. The minimum absolute atomic E-state index is 0.0706. The lowest BCUT2D eigenvalue weighted by Gasteiger charge is -2.14. The third-order valence-electron chi connectivity index (χ3n) is 2.60. The van der Waals surface area contributed by atoms with E-state index in [0.717, 1.165) is 6.42 Å². The van der Waals surface area contributed by atoms with E-state index in [1.165, 1.54) is 0 Å². The molecule has 0 aromatic carbocycles. The van der Waals surface area contributed by atoms with Gasteiger partial charge in [-0.1, -0.05) is 25.9 Å². The lowest BCUT2D eigenvalue weighted by molar-refractivity contribution is -0.138. The number of nitrogens with zero attached hydrogens (tertiary/aromatic N) is 2. The number of rotatable bonds is 3. The predicted octanol–water partition coefficient (Wildman–Crippen LogP) is 1.85. The van der Waals surface area contributed by atoms with E-state index in [4.69, 9.17) is 9.63 Å². The van der Waals surface area contributed by atoms with Gasteiger partial charge in [-0.15, -0.1) is 0 Å². The summed E-state index contributed by atoms with van der Waals surface area (Å²) in [7, 11) is 0. The molecule has 0 spiro atoms. The van der Waals surface area contributed by atoms with Crippen LogP contribution in [0.15, 0.2) is 4.52 Å². The van der Waals surface area contributed by atoms with Crippen molar-refractivity contribution in [1.82, 2.24) is 10.1 Å². The number of carboxylic acid groups (broad SMARTS) is 1. The summed E-state index contributed by atoms with van der Waals surface area (Å²) in [4.78, 5) is 14.9. The molecule has 1 aromatic rings. The van der Waals surface area contributed by atoms with Crippen molar-refractivity contribution in [3.05, 3.63) is 11.7 Å². The Kier molecular flexibility index (Phi) is 2.48. The average Bonchev–Trinajstić information content (AvgIpc) is 2.80. The molecule has 2 rings (SSSR count). The Morgan fingerprint density at radius 3 is 2.75 bits per heavy atom. The van der Waals surface area contributed by atoms with Gasteiger partial charge < -0.3 is 9.63 Å². The van der Waals surface area contributed by atoms with Crippen LogP contribution in [0.5, 0.6) is 0 Å². The number of carbonyl (C=O) groups is 1. The number of aliphatic carboxylic acids is 1. The molecule has 1 saturated carbocycles. The summed E-state index contributed by atoms with van der Waals surface area (Å²) in [6, 6.07) is 0. The molecule has 0 radical (unpaired) electrons. The predicted molar refractivity (Wildman–Crippen MR) is 55.9 cm³/mol. The molecule has 5 nitrogen and oxygen atoms in total. The molecule has 2 atom stereocenters. The van der Waals surface area contributed by atoms with Crippen molar-refractivity contribution < 1.29 is 14.4 Å². The van der Waals surface area contributed by atoms with Gasteiger partial charge in [0.1, 0.15) is 0 Å². The highest BCUT2D eigenvalue weighted by atomic mass is 16.5. The maximum atomic E-state index is 10.7. The van der Waals surface area contributed by atoms with Crippen LogP contribution >= 0.6 is 0 Å². The Balaban J connectivity index is 2.02. The maximum absolute atomic E-state index is 10.7. The topological polar surface area (TPSA) is 76.2 Å². The van der Waals surface area contributed by atoms with Crippen LogP contribution in [0.4, 0.5) is 0 Å².